The first-order valence-corrected chi connectivity index (χ1v) is 16.1. The largest absolute Gasteiger partial charge is 0.233 e. The van der Waals surface area contributed by atoms with Gasteiger partial charge in [-0.05, 0) is 35.4 Å². The number of aromatic nitrogens is 4. The van der Waals surface area contributed by atoms with Gasteiger partial charge in [-0.25, -0.2) is 9.36 Å². The molecule has 0 spiro atoms. The molecule has 2 heterocycles. The minimum Gasteiger partial charge on any atom is -0.203 e. The van der Waals surface area contributed by atoms with E-state index in [2.05, 4.69) is 20.4 Å². The molecule has 7 rings (SSSR count). The second kappa shape index (κ2) is 13.9. The van der Waals surface area contributed by atoms with Crippen LogP contribution in [0, 0.1) is 0 Å². The first-order valence-electron chi connectivity index (χ1n) is 14.5. The zero-order valence-corrected chi connectivity index (χ0v) is 26.0. The molecule has 0 saturated carbocycles. The molecule has 2 aromatic heterocycles. The average molecular weight is 635 g/mol. The lowest BCUT2D eigenvalue weighted by Gasteiger charge is -1.99. The molecule has 0 aliphatic heterocycles. The van der Waals surface area contributed by atoms with E-state index in [1.54, 1.807) is 12.4 Å². The first-order chi connectivity index (χ1) is 22.8. The van der Waals surface area contributed by atoms with Gasteiger partial charge < -0.3 is 0 Å². The Hall–Kier alpha value is -5.84. The Kier molecular flexibility index (Phi) is 8.70. The smallest absolute Gasteiger partial charge is 0.203 e. The highest BCUT2D eigenvalue weighted by Crippen LogP contribution is 2.21. The van der Waals surface area contributed by atoms with E-state index >= 15 is 0 Å². The maximum absolute atomic E-state index is 4.82. The van der Waals surface area contributed by atoms with Crippen molar-refractivity contribution in [2.75, 3.05) is 0 Å². The van der Waals surface area contributed by atoms with Crippen molar-refractivity contribution in [3.63, 3.8) is 0 Å². The van der Waals surface area contributed by atoms with Crippen LogP contribution in [0.5, 0.6) is 0 Å². The van der Waals surface area contributed by atoms with Gasteiger partial charge in [-0.3, -0.25) is 0 Å². The second-order valence-corrected chi connectivity index (χ2v) is 11.9. The monoisotopic (exact) mass is 634 g/mol. The van der Waals surface area contributed by atoms with Crippen LogP contribution in [-0.4, -0.2) is 32.0 Å². The van der Waals surface area contributed by atoms with E-state index in [9.17, 15) is 0 Å². The third-order valence-corrected chi connectivity index (χ3v) is 8.70. The van der Waals surface area contributed by atoms with Crippen LogP contribution in [0.3, 0.4) is 0 Å². The van der Waals surface area contributed by atoms with Crippen LogP contribution in [0.1, 0.15) is 11.1 Å². The quantitative estimate of drug-likeness (QED) is 0.129. The van der Waals surface area contributed by atoms with E-state index < -0.39 is 0 Å². The van der Waals surface area contributed by atoms with E-state index in [-0.39, 0.29) is 0 Å². The summed E-state index contributed by atoms with van der Waals surface area (Å²) in [5.41, 5.74) is 5.74. The molecule has 0 saturated heterocycles. The lowest BCUT2D eigenvalue weighted by atomic mass is 10.2. The van der Waals surface area contributed by atoms with Crippen LogP contribution in [0.2, 0.25) is 0 Å². The van der Waals surface area contributed by atoms with Crippen molar-refractivity contribution < 1.29 is 0 Å². The molecular weight excluding hydrogens is 609 g/mol. The van der Waals surface area contributed by atoms with E-state index in [4.69, 9.17) is 10.2 Å². The van der Waals surface area contributed by atoms with E-state index in [0.717, 1.165) is 43.6 Å². The molecule has 0 aliphatic carbocycles. The lowest BCUT2D eigenvalue weighted by Crippen LogP contribution is -2.13. The minimum absolute atomic E-state index is 0.679. The minimum atomic E-state index is 0.679. The predicted octanol–water partition coefficient (Wildman–Crippen LogP) is 7.38. The van der Waals surface area contributed by atoms with Gasteiger partial charge in [0.1, 0.15) is 10.0 Å². The summed E-state index contributed by atoms with van der Waals surface area (Å²) in [6.07, 6.45) is 3.46. The maximum Gasteiger partial charge on any atom is 0.233 e. The van der Waals surface area contributed by atoms with Gasteiger partial charge in [0.05, 0.1) is 23.8 Å². The Bertz CT molecular complexity index is 2070. The molecule has 0 bridgehead atoms. The van der Waals surface area contributed by atoms with Gasteiger partial charge in [-0.15, -0.1) is 10.2 Å². The van der Waals surface area contributed by atoms with Crippen molar-refractivity contribution in [2.24, 2.45) is 20.4 Å². The average Bonchev–Trinajstić information content (AvgIpc) is 3.76. The van der Waals surface area contributed by atoms with Crippen molar-refractivity contribution in [3.05, 3.63) is 166 Å². The highest BCUT2D eigenvalue weighted by molar-refractivity contribution is 7.12. The van der Waals surface area contributed by atoms with E-state index in [1.165, 1.54) is 22.7 Å². The zero-order chi connectivity index (χ0) is 31.0. The third-order valence-electron chi connectivity index (χ3n) is 6.80. The molecule has 0 fully saturated rings. The van der Waals surface area contributed by atoms with Crippen LogP contribution < -0.4 is 9.60 Å². The van der Waals surface area contributed by atoms with Crippen LogP contribution in [0.15, 0.2) is 166 Å². The Morgan fingerprint density at radius 1 is 0.435 bits per heavy atom. The van der Waals surface area contributed by atoms with Crippen molar-refractivity contribution >= 4 is 35.1 Å². The number of benzene rings is 5. The Labute approximate surface area is 273 Å². The van der Waals surface area contributed by atoms with Gasteiger partial charge in [-0.1, -0.05) is 144 Å². The number of rotatable bonds is 8. The van der Waals surface area contributed by atoms with Gasteiger partial charge >= 0.3 is 0 Å². The summed E-state index contributed by atoms with van der Waals surface area (Å²) >= 11 is 2.98. The molecule has 7 aromatic rings. The van der Waals surface area contributed by atoms with Crippen molar-refractivity contribution in [1.82, 2.24) is 19.6 Å². The SMILES string of the molecule is C(=N\N=c1\sc(-c2ccccc2)nn1-c1ccccc1)/c1ccc(/C=N/N=c2/sc(-c3ccccc3)nn2-c2ccccc2)cc1. The topological polar surface area (TPSA) is 85.1 Å². The fourth-order valence-corrected chi connectivity index (χ4v) is 6.26. The van der Waals surface area contributed by atoms with E-state index in [0.29, 0.717) is 9.60 Å². The molecule has 8 nitrogen and oxygen atoms in total. The summed E-state index contributed by atoms with van der Waals surface area (Å²) in [5.74, 6) is 0. The molecule has 0 aliphatic rings. The summed E-state index contributed by atoms with van der Waals surface area (Å²) in [5, 5.41) is 29.2. The first kappa shape index (κ1) is 28.9. The Morgan fingerprint density at radius 2 is 0.783 bits per heavy atom. The van der Waals surface area contributed by atoms with Crippen LogP contribution >= 0.6 is 22.7 Å². The van der Waals surface area contributed by atoms with Gasteiger partial charge in [-0.2, -0.15) is 20.4 Å². The molecule has 0 unspecified atom stereocenters. The van der Waals surface area contributed by atoms with Gasteiger partial charge in [0.25, 0.3) is 0 Å². The van der Waals surface area contributed by atoms with Crippen LogP contribution in [0.25, 0.3) is 32.5 Å². The maximum atomic E-state index is 4.82. The van der Waals surface area contributed by atoms with Gasteiger partial charge in [0.15, 0.2) is 0 Å². The molecule has 0 amide bonds. The summed E-state index contributed by atoms with van der Waals surface area (Å²) in [6, 6.07) is 47.9. The normalized spacial score (nSPS) is 12.4. The lowest BCUT2D eigenvalue weighted by molar-refractivity contribution is 0.824. The summed E-state index contributed by atoms with van der Waals surface area (Å²) in [4.78, 5) is 1.36. The predicted molar refractivity (Wildman–Crippen MR) is 187 cm³/mol. The highest BCUT2D eigenvalue weighted by atomic mass is 32.1. The van der Waals surface area contributed by atoms with Gasteiger partial charge in [0, 0.05) is 11.1 Å². The highest BCUT2D eigenvalue weighted by Gasteiger charge is 2.10. The summed E-state index contributed by atoms with van der Waals surface area (Å²) in [7, 11) is 0. The number of nitrogens with zero attached hydrogens (tertiary/aromatic N) is 8. The zero-order valence-electron chi connectivity index (χ0n) is 24.4. The third kappa shape index (κ3) is 6.78. The standard InChI is InChI=1S/C36H26N8S2/c1-5-13-29(14-6-1)33-41-43(31-17-9-3-10-18-31)35(45-33)39-37-25-27-21-23-28(24-22-27)26-38-40-36-44(32-19-11-4-12-20-32)42-34(46-36)30-15-7-2-8-16-30/h1-26H/b37-25+,38-26+,39-35+,40-36+. The molecule has 222 valence electrons. The summed E-state index contributed by atoms with van der Waals surface area (Å²) in [6.45, 7) is 0. The molecule has 46 heavy (non-hydrogen) atoms. The summed E-state index contributed by atoms with van der Waals surface area (Å²) < 4.78 is 3.64. The van der Waals surface area contributed by atoms with Crippen LogP contribution in [-0.2, 0) is 0 Å². The Morgan fingerprint density at radius 3 is 1.15 bits per heavy atom. The van der Waals surface area contributed by atoms with Crippen LogP contribution in [0.4, 0.5) is 0 Å². The molecule has 0 N–H and O–H groups in total. The Balaban J connectivity index is 1.12. The number of hydrogen-bond donors (Lipinski definition) is 0. The molecular formula is C36H26N8S2. The van der Waals surface area contributed by atoms with E-state index in [1.807, 2.05) is 155 Å². The van der Waals surface area contributed by atoms with Crippen molar-refractivity contribution in [2.45, 2.75) is 0 Å². The molecule has 0 radical (unpaired) electrons. The molecule has 0 atom stereocenters. The van der Waals surface area contributed by atoms with Crippen molar-refractivity contribution in [1.29, 1.82) is 0 Å². The fourth-order valence-electron chi connectivity index (χ4n) is 4.52. The number of para-hydroxylation sites is 2. The fraction of sp³-hybridized carbons (Fsp3) is 0. The molecule has 5 aromatic carbocycles. The van der Waals surface area contributed by atoms with Gasteiger partial charge in [0.2, 0.25) is 9.60 Å². The second-order valence-electron chi connectivity index (χ2n) is 9.96. The van der Waals surface area contributed by atoms with Crippen molar-refractivity contribution in [3.8, 4) is 32.5 Å². The molecule has 10 heteroatoms. The number of hydrogen-bond acceptors (Lipinski definition) is 8.